The molecule has 1 nitrogen and oxygen atoms in total. The standard InChI is InChI=1S/C11H18ClN/c1-10-3-8-2-9(4-10)6-11(5-8,7-10)13-12/h8-9,13H,2-7H2,1H3. The molecule has 74 valence electrons. The summed E-state index contributed by atoms with van der Waals surface area (Å²) >= 11 is 5.93. The summed E-state index contributed by atoms with van der Waals surface area (Å²) in [5, 5.41) is 0. The maximum atomic E-state index is 5.93. The zero-order valence-corrected chi connectivity index (χ0v) is 9.03. The molecule has 0 radical (unpaired) electrons. The van der Waals surface area contributed by atoms with Crippen molar-refractivity contribution in [2.75, 3.05) is 0 Å². The van der Waals surface area contributed by atoms with E-state index < -0.39 is 0 Å². The Morgan fingerprint density at radius 1 is 1.15 bits per heavy atom. The summed E-state index contributed by atoms with van der Waals surface area (Å²) in [4.78, 5) is 3.11. The summed E-state index contributed by atoms with van der Waals surface area (Å²) in [6.07, 6.45) is 8.39. The molecular formula is C11H18ClN. The normalized spacial score (nSPS) is 58.6. The van der Waals surface area contributed by atoms with Gasteiger partial charge in [0.15, 0.2) is 0 Å². The smallest absolute Gasteiger partial charge is 0.0342 e. The molecule has 4 bridgehead atoms. The molecule has 0 heterocycles. The van der Waals surface area contributed by atoms with Gasteiger partial charge >= 0.3 is 0 Å². The van der Waals surface area contributed by atoms with Gasteiger partial charge in [-0.2, -0.15) is 0 Å². The molecule has 2 atom stereocenters. The summed E-state index contributed by atoms with van der Waals surface area (Å²) < 4.78 is 0. The first-order valence-corrected chi connectivity index (χ1v) is 5.89. The Balaban J connectivity index is 1.95. The van der Waals surface area contributed by atoms with Crippen molar-refractivity contribution in [3.63, 3.8) is 0 Å². The third-order valence-electron chi connectivity index (χ3n) is 4.55. The van der Waals surface area contributed by atoms with Gasteiger partial charge in [0, 0.05) is 5.54 Å². The summed E-state index contributed by atoms with van der Waals surface area (Å²) in [7, 11) is 0. The highest BCUT2D eigenvalue weighted by Gasteiger charge is 2.55. The van der Waals surface area contributed by atoms with Crippen molar-refractivity contribution in [1.29, 1.82) is 0 Å². The Morgan fingerprint density at radius 2 is 1.77 bits per heavy atom. The van der Waals surface area contributed by atoms with Crippen LogP contribution in [0.3, 0.4) is 0 Å². The zero-order chi connectivity index (χ0) is 9.10. The van der Waals surface area contributed by atoms with Gasteiger partial charge in [0.05, 0.1) is 0 Å². The average Bonchev–Trinajstić information content (AvgIpc) is 1.99. The highest BCUT2D eigenvalue weighted by atomic mass is 35.5. The van der Waals surface area contributed by atoms with E-state index in [0.717, 1.165) is 11.8 Å². The van der Waals surface area contributed by atoms with Gasteiger partial charge in [-0.15, -0.1) is 0 Å². The van der Waals surface area contributed by atoms with Crippen LogP contribution in [0.4, 0.5) is 0 Å². The van der Waals surface area contributed by atoms with Gasteiger partial charge in [0.25, 0.3) is 0 Å². The van der Waals surface area contributed by atoms with Crippen molar-refractivity contribution in [3.8, 4) is 0 Å². The molecule has 4 aliphatic rings. The van der Waals surface area contributed by atoms with E-state index in [4.69, 9.17) is 11.8 Å². The first kappa shape index (κ1) is 8.55. The van der Waals surface area contributed by atoms with Crippen LogP contribution in [-0.2, 0) is 0 Å². The van der Waals surface area contributed by atoms with Crippen molar-refractivity contribution < 1.29 is 0 Å². The number of halogens is 1. The van der Waals surface area contributed by atoms with Gasteiger partial charge in [-0.05, 0) is 67.6 Å². The SMILES string of the molecule is CC12CC3CC(C1)CC(NCl)(C3)C2. The number of nitrogens with one attached hydrogen (secondary N) is 1. The topological polar surface area (TPSA) is 12.0 Å². The fourth-order valence-electron chi connectivity index (χ4n) is 4.83. The molecule has 0 aromatic heterocycles. The molecule has 0 saturated heterocycles. The Morgan fingerprint density at radius 3 is 2.23 bits per heavy atom. The van der Waals surface area contributed by atoms with Crippen LogP contribution in [0.2, 0.25) is 0 Å². The van der Waals surface area contributed by atoms with Crippen LogP contribution < -0.4 is 4.84 Å². The minimum absolute atomic E-state index is 0.320. The summed E-state index contributed by atoms with van der Waals surface area (Å²) in [5.41, 5.74) is 0.937. The van der Waals surface area contributed by atoms with Crippen LogP contribution >= 0.6 is 11.8 Å². The predicted octanol–water partition coefficient (Wildman–Crippen LogP) is 3.09. The molecule has 0 amide bonds. The first-order chi connectivity index (χ1) is 6.13. The molecule has 4 aliphatic carbocycles. The van der Waals surface area contributed by atoms with Gasteiger partial charge in [0.1, 0.15) is 0 Å². The molecule has 4 saturated carbocycles. The number of rotatable bonds is 1. The fraction of sp³-hybridized carbons (Fsp3) is 1.00. The monoisotopic (exact) mass is 199 g/mol. The Labute approximate surface area is 85.3 Å². The van der Waals surface area contributed by atoms with Crippen molar-refractivity contribution in [3.05, 3.63) is 0 Å². The van der Waals surface area contributed by atoms with Crippen LogP contribution in [0.15, 0.2) is 0 Å². The molecule has 0 aromatic carbocycles. The molecule has 2 heteroatoms. The van der Waals surface area contributed by atoms with E-state index in [1.165, 1.54) is 38.5 Å². The number of hydrogen-bond acceptors (Lipinski definition) is 1. The maximum absolute atomic E-state index is 5.93. The van der Waals surface area contributed by atoms with Crippen LogP contribution in [0, 0.1) is 17.3 Å². The highest BCUT2D eigenvalue weighted by Crippen LogP contribution is 2.61. The second-order valence-corrected chi connectivity index (χ2v) is 6.34. The highest BCUT2D eigenvalue weighted by molar-refractivity contribution is 6.13. The fourth-order valence-corrected chi connectivity index (χ4v) is 5.05. The second-order valence-electron chi connectivity index (χ2n) is 6.15. The molecule has 13 heavy (non-hydrogen) atoms. The lowest BCUT2D eigenvalue weighted by Crippen LogP contribution is -2.59. The van der Waals surface area contributed by atoms with Crippen molar-refractivity contribution in [1.82, 2.24) is 4.84 Å². The molecule has 0 spiro atoms. The van der Waals surface area contributed by atoms with Gasteiger partial charge in [-0.3, -0.25) is 0 Å². The van der Waals surface area contributed by atoms with Crippen molar-refractivity contribution >= 4 is 11.8 Å². The Hall–Kier alpha value is 0.250. The Kier molecular flexibility index (Phi) is 1.60. The minimum atomic E-state index is 0.320. The number of hydrogen-bond donors (Lipinski definition) is 1. The molecule has 0 aromatic rings. The summed E-state index contributed by atoms with van der Waals surface area (Å²) in [6.45, 7) is 2.47. The van der Waals surface area contributed by atoms with Crippen molar-refractivity contribution in [2.45, 2.75) is 51.0 Å². The summed E-state index contributed by atoms with van der Waals surface area (Å²) in [6, 6.07) is 0. The van der Waals surface area contributed by atoms with Crippen molar-refractivity contribution in [2.24, 2.45) is 17.3 Å². The quantitative estimate of drug-likeness (QED) is 0.640. The van der Waals surface area contributed by atoms with E-state index in [0.29, 0.717) is 11.0 Å². The van der Waals surface area contributed by atoms with Gasteiger partial charge < -0.3 is 0 Å². The molecule has 1 N–H and O–H groups in total. The average molecular weight is 200 g/mol. The summed E-state index contributed by atoms with van der Waals surface area (Å²) in [5.74, 6) is 1.94. The minimum Gasteiger partial charge on any atom is -0.227 e. The van der Waals surface area contributed by atoms with E-state index in [-0.39, 0.29) is 0 Å². The molecule has 0 aliphatic heterocycles. The zero-order valence-electron chi connectivity index (χ0n) is 8.28. The third-order valence-corrected chi connectivity index (χ3v) is 4.95. The van der Waals surface area contributed by atoms with E-state index >= 15 is 0 Å². The molecule has 4 fully saturated rings. The van der Waals surface area contributed by atoms with Crippen LogP contribution in [0.1, 0.15) is 45.4 Å². The van der Waals surface area contributed by atoms with Gasteiger partial charge in [-0.1, -0.05) is 6.92 Å². The second kappa shape index (κ2) is 2.43. The maximum Gasteiger partial charge on any atom is 0.0342 e. The lowest BCUT2D eigenvalue weighted by Gasteiger charge is -2.60. The van der Waals surface area contributed by atoms with Gasteiger partial charge in [0.2, 0.25) is 0 Å². The lowest BCUT2D eigenvalue weighted by atomic mass is 9.48. The Bertz CT molecular complexity index is 224. The molecular weight excluding hydrogens is 182 g/mol. The molecule has 4 rings (SSSR count). The first-order valence-electron chi connectivity index (χ1n) is 5.51. The van der Waals surface area contributed by atoms with E-state index in [1.54, 1.807) is 0 Å². The van der Waals surface area contributed by atoms with Crippen LogP contribution in [0.5, 0.6) is 0 Å². The van der Waals surface area contributed by atoms with Crippen LogP contribution in [-0.4, -0.2) is 5.54 Å². The van der Waals surface area contributed by atoms with Gasteiger partial charge in [-0.25, -0.2) is 4.84 Å². The lowest BCUT2D eigenvalue weighted by molar-refractivity contribution is -0.0629. The van der Waals surface area contributed by atoms with E-state index in [9.17, 15) is 0 Å². The van der Waals surface area contributed by atoms with E-state index in [1.807, 2.05) is 0 Å². The molecule has 2 unspecified atom stereocenters. The predicted molar refractivity (Wildman–Crippen MR) is 54.5 cm³/mol. The van der Waals surface area contributed by atoms with E-state index in [2.05, 4.69) is 11.8 Å². The largest absolute Gasteiger partial charge is 0.227 e. The third kappa shape index (κ3) is 1.16. The van der Waals surface area contributed by atoms with Crippen LogP contribution in [0.25, 0.3) is 0 Å².